The van der Waals surface area contributed by atoms with Gasteiger partial charge in [-0.25, -0.2) is 18.1 Å². The number of fused-ring (bicyclic) bond motifs is 1. The van der Waals surface area contributed by atoms with E-state index in [2.05, 4.69) is 4.98 Å². The molecule has 1 amide bonds. The molecule has 96 valence electrons. The maximum Gasteiger partial charge on any atom is 0.264 e. The number of benzene rings is 1. The molecule has 0 unspecified atom stereocenters. The first kappa shape index (κ1) is 12.8. The van der Waals surface area contributed by atoms with Gasteiger partial charge in [0, 0.05) is 5.56 Å². The van der Waals surface area contributed by atoms with Gasteiger partial charge in [-0.15, -0.1) is 0 Å². The highest BCUT2D eigenvalue weighted by atomic mass is 32.2. The number of hydrogen-bond donors (Lipinski definition) is 2. The number of anilines is 1. The lowest BCUT2D eigenvalue weighted by Gasteiger charge is -2.04. The first-order chi connectivity index (χ1) is 8.41. The molecule has 1 aromatic carbocycles. The van der Waals surface area contributed by atoms with Crippen LogP contribution in [0.15, 0.2) is 18.2 Å². The van der Waals surface area contributed by atoms with Gasteiger partial charge in [0.25, 0.3) is 5.91 Å². The molecular formula is C10H11N3O3S2. The van der Waals surface area contributed by atoms with E-state index < -0.39 is 15.9 Å². The number of nitrogen functional groups attached to an aromatic ring is 1. The van der Waals surface area contributed by atoms with Gasteiger partial charge in [-0.1, -0.05) is 11.3 Å². The van der Waals surface area contributed by atoms with Gasteiger partial charge in [-0.3, -0.25) is 4.79 Å². The Morgan fingerprint density at radius 2 is 2.22 bits per heavy atom. The van der Waals surface area contributed by atoms with Gasteiger partial charge < -0.3 is 5.73 Å². The molecule has 0 fully saturated rings. The average molecular weight is 285 g/mol. The van der Waals surface area contributed by atoms with Crippen LogP contribution >= 0.6 is 11.3 Å². The van der Waals surface area contributed by atoms with E-state index in [1.54, 1.807) is 12.1 Å². The van der Waals surface area contributed by atoms with E-state index in [1.807, 2.05) is 4.72 Å². The van der Waals surface area contributed by atoms with Gasteiger partial charge in [0.15, 0.2) is 5.13 Å². The van der Waals surface area contributed by atoms with E-state index in [4.69, 9.17) is 5.73 Å². The number of hydrogen-bond acceptors (Lipinski definition) is 6. The number of nitrogens with one attached hydrogen (secondary N) is 1. The van der Waals surface area contributed by atoms with E-state index >= 15 is 0 Å². The minimum Gasteiger partial charge on any atom is -0.375 e. The molecule has 8 heteroatoms. The van der Waals surface area contributed by atoms with Crippen molar-refractivity contribution in [1.29, 1.82) is 0 Å². The Hall–Kier alpha value is -1.67. The number of sulfonamides is 1. The molecule has 0 aliphatic rings. The Bertz CT molecular complexity index is 706. The third-order valence-electron chi connectivity index (χ3n) is 2.30. The highest BCUT2D eigenvalue weighted by Gasteiger charge is 2.14. The number of carbonyl (C=O) groups is 1. The summed E-state index contributed by atoms with van der Waals surface area (Å²) in [5, 5.41) is 0.406. The van der Waals surface area contributed by atoms with Gasteiger partial charge in [-0.2, -0.15) is 0 Å². The van der Waals surface area contributed by atoms with Crippen molar-refractivity contribution in [3.63, 3.8) is 0 Å². The molecule has 2 rings (SSSR count). The molecule has 1 heterocycles. The summed E-state index contributed by atoms with van der Waals surface area (Å²) in [6.07, 6.45) is 0. The molecule has 3 N–H and O–H groups in total. The molecular weight excluding hydrogens is 274 g/mol. The van der Waals surface area contributed by atoms with Crippen molar-refractivity contribution in [3.8, 4) is 0 Å². The smallest absolute Gasteiger partial charge is 0.264 e. The lowest BCUT2D eigenvalue weighted by Crippen LogP contribution is -2.31. The van der Waals surface area contributed by atoms with Gasteiger partial charge >= 0.3 is 0 Å². The Kier molecular flexibility index (Phi) is 3.22. The quantitative estimate of drug-likeness (QED) is 0.874. The van der Waals surface area contributed by atoms with Crippen LogP contribution < -0.4 is 10.5 Å². The fourth-order valence-corrected chi connectivity index (χ4v) is 2.67. The normalized spacial score (nSPS) is 11.6. The first-order valence-corrected chi connectivity index (χ1v) is 7.59. The summed E-state index contributed by atoms with van der Waals surface area (Å²) in [7, 11) is -3.55. The second-order valence-corrected chi connectivity index (χ2v) is 6.64. The topological polar surface area (TPSA) is 102 Å². The molecule has 0 radical (unpaired) electrons. The molecule has 2 aromatic rings. The molecule has 0 spiro atoms. The largest absolute Gasteiger partial charge is 0.375 e. The zero-order valence-electron chi connectivity index (χ0n) is 9.50. The average Bonchev–Trinajstić information content (AvgIpc) is 2.67. The van der Waals surface area contributed by atoms with Crippen LogP contribution in [0.1, 0.15) is 17.3 Å². The zero-order valence-corrected chi connectivity index (χ0v) is 11.1. The number of aromatic nitrogens is 1. The maximum absolute atomic E-state index is 11.7. The fraction of sp³-hybridized carbons (Fsp3) is 0.200. The van der Waals surface area contributed by atoms with Crippen molar-refractivity contribution >= 4 is 42.6 Å². The lowest BCUT2D eigenvalue weighted by atomic mass is 10.2. The number of carbonyl (C=O) groups excluding carboxylic acids is 1. The summed E-state index contributed by atoms with van der Waals surface area (Å²) in [5.74, 6) is -0.792. The number of nitrogens with two attached hydrogens (primary N) is 1. The van der Waals surface area contributed by atoms with E-state index in [0.717, 1.165) is 4.70 Å². The highest BCUT2D eigenvalue weighted by Crippen LogP contribution is 2.24. The molecule has 1 aromatic heterocycles. The molecule has 0 aliphatic carbocycles. The van der Waals surface area contributed by atoms with Crippen molar-refractivity contribution in [2.45, 2.75) is 6.92 Å². The number of rotatable bonds is 3. The Morgan fingerprint density at radius 1 is 1.50 bits per heavy atom. The molecule has 0 bridgehead atoms. The van der Waals surface area contributed by atoms with Gasteiger partial charge in [0.05, 0.1) is 16.0 Å². The monoisotopic (exact) mass is 285 g/mol. The summed E-state index contributed by atoms with van der Waals surface area (Å²) in [4.78, 5) is 15.8. The van der Waals surface area contributed by atoms with Crippen LogP contribution in [0.25, 0.3) is 10.2 Å². The van der Waals surface area contributed by atoms with Crippen molar-refractivity contribution in [1.82, 2.24) is 9.71 Å². The highest BCUT2D eigenvalue weighted by molar-refractivity contribution is 7.90. The second kappa shape index (κ2) is 4.54. The van der Waals surface area contributed by atoms with Crippen LogP contribution in [0.3, 0.4) is 0 Å². The molecule has 0 atom stereocenters. The Labute approximate surface area is 108 Å². The SMILES string of the molecule is CCS(=O)(=O)NC(=O)c1ccc2nc(N)sc2c1. The predicted molar refractivity (Wildman–Crippen MR) is 71.0 cm³/mol. The van der Waals surface area contributed by atoms with E-state index in [0.29, 0.717) is 10.6 Å². The summed E-state index contributed by atoms with van der Waals surface area (Å²) >= 11 is 1.24. The number of nitrogens with zero attached hydrogens (tertiary/aromatic N) is 1. The van der Waals surface area contributed by atoms with E-state index in [1.165, 1.54) is 24.3 Å². The molecule has 0 saturated carbocycles. The van der Waals surface area contributed by atoms with Crippen LogP contribution in [-0.4, -0.2) is 25.1 Å². The number of thiazole rings is 1. The minimum atomic E-state index is -3.55. The van der Waals surface area contributed by atoms with Gasteiger partial charge in [0.2, 0.25) is 10.0 Å². The molecule has 18 heavy (non-hydrogen) atoms. The van der Waals surface area contributed by atoms with Crippen molar-refractivity contribution < 1.29 is 13.2 Å². The van der Waals surface area contributed by atoms with Crippen LogP contribution in [0.2, 0.25) is 0 Å². The minimum absolute atomic E-state index is 0.144. The second-order valence-electron chi connectivity index (χ2n) is 3.57. The van der Waals surface area contributed by atoms with Crippen LogP contribution in [0.4, 0.5) is 5.13 Å². The Morgan fingerprint density at radius 3 is 2.89 bits per heavy atom. The molecule has 0 saturated heterocycles. The lowest BCUT2D eigenvalue weighted by molar-refractivity contribution is 0.0981. The fourth-order valence-electron chi connectivity index (χ4n) is 1.36. The zero-order chi connectivity index (χ0) is 13.3. The maximum atomic E-state index is 11.7. The summed E-state index contributed by atoms with van der Waals surface area (Å²) < 4.78 is 25.3. The Balaban J connectivity index is 2.33. The van der Waals surface area contributed by atoms with Crippen LogP contribution in [0.5, 0.6) is 0 Å². The standard InChI is InChI=1S/C10H11N3O3S2/c1-2-18(15,16)13-9(14)6-3-4-7-8(5-6)17-10(11)12-7/h3-5H,2H2,1H3,(H2,11,12)(H,13,14). The summed E-state index contributed by atoms with van der Waals surface area (Å²) in [5.41, 5.74) is 6.51. The van der Waals surface area contributed by atoms with Crippen LogP contribution in [-0.2, 0) is 10.0 Å². The molecule has 0 aliphatic heterocycles. The van der Waals surface area contributed by atoms with Crippen molar-refractivity contribution in [3.05, 3.63) is 23.8 Å². The van der Waals surface area contributed by atoms with Gasteiger partial charge in [-0.05, 0) is 25.1 Å². The molecule has 6 nitrogen and oxygen atoms in total. The van der Waals surface area contributed by atoms with Crippen molar-refractivity contribution in [2.75, 3.05) is 11.5 Å². The van der Waals surface area contributed by atoms with E-state index in [9.17, 15) is 13.2 Å². The third kappa shape index (κ3) is 2.59. The van der Waals surface area contributed by atoms with Crippen molar-refractivity contribution in [2.24, 2.45) is 0 Å². The first-order valence-electron chi connectivity index (χ1n) is 5.12. The van der Waals surface area contributed by atoms with E-state index in [-0.39, 0.29) is 11.3 Å². The summed E-state index contributed by atoms with van der Waals surface area (Å²) in [6.45, 7) is 1.46. The third-order valence-corrected chi connectivity index (χ3v) is 4.40. The number of amides is 1. The predicted octanol–water partition coefficient (Wildman–Crippen LogP) is 0.958. The summed E-state index contributed by atoms with van der Waals surface area (Å²) in [6, 6.07) is 4.72. The van der Waals surface area contributed by atoms with Crippen LogP contribution in [0, 0.1) is 0 Å². The van der Waals surface area contributed by atoms with Gasteiger partial charge in [0.1, 0.15) is 0 Å².